The van der Waals surface area contributed by atoms with Gasteiger partial charge < -0.3 is 30.4 Å². The molecule has 0 aromatic carbocycles. The molecule has 5 N–H and O–H groups in total. The van der Waals surface area contributed by atoms with Crippen LogP contribution in [0.1, 0.15) is 31.4 Å². The van der Waals surface area contributed by atoms with Gasteiger partial charge in [0.05, 0.1) is 6.26 Å². The Balaban J connectivity index is 2.78. The Morgan fingerprint density at radius 1 is 0.964 bits per heavy atom. The van der Waals surface area contributed by atoms with Crippen LogP contribution in [0.2, 0.25) is 0 Å². The molecule has 0 saturated heterocycles. The molecule has 0 radical (unpaired) electrons. The number of aliphatic carboxylic acids is 3. The van der Waals surface area contributed by atoms with Crippen molar-refractivity contribution in [2.45, 2.75) is 37.8 Å². The second-order valence-electron chi connectivity index (χ2n) is 5.67. The molecule has 28 heavy (non-hydrogen) atoms. The van der Waals surface area contributed by atoms with Crippen LogP contribution in [-0.4, -0.2) is 57.1 Å². The van der Waals surface area contributed by atoms with Crippen LogP contribution < -0.4 is 10.6 Å². The number of rotatable bonds is 12. The summed E-state index contributed by atoms with van der Waals surface area (Å²) >= 11 is 0. The zero-order valence-corrected chi connectivity index (χ0v) is 14.7. The summed E-state index contributed by atoms with van der Waals surface area (Å²) in [6.07, 6.45) is 2.20. The molecule has 11 nitrogen and oxygen atoms in total. The lowest BCUT2D eigenvalue weighted by molar-refractivity contribution is -0.144. The first-order valence-electron chi connectivity index (χ1n) is 8.18. The molecule has 0 aliphatic rings. The van der Waals surface area contributed by atoms with E-state index in [1.807, 2.05) is 0 Å². The van der Waals surface area contributed by atoms with Crippen LogP contribution in [0, 0.1) is 0 Å². The number of furan rings is 1. The van der Waals surface area contributed by atoms with Gasteiger partial charge in [0.15, 0.2) is 0 Å². The van der Waals surface area contributed by atoms with Crippen molar-refractivity contribution in [3.63, 3.8) is 0 Å². The lowest BCUT2D eigenvalue weighted by atomic mass is 10.1. The first-order valence-corrected chi connectivity index (χ1v) is 8.18. The van der Waals surface area contributed by atoms with E-state index in [9.17, 15) is 24.0 Å². The van der Waals surface area contributed by atoms with E-state index in [1.54, 1.807) is 12.1 Å². The fraction of sp³-hybridized carbons (Fsp3) is 0.353. The number of nitrogens with one attached hydrogen (secondary N) is 2. The smallest absolute Gasteiger partial charge is 0.326 e. The molecule has 2 atom stereocenters. The number of hydrogen-bond acceptors (Lipinski definition) is 6. The third-order valence-corrected chi connectivity index (χ3v) is 3.48. The van der Waals surface area contributed by atoms with Crippen LogP contribution in [0.3, 0.4) is 0 Å². The summed E-state index contributed by atoms with van der Waals surface area (Å²) in [5, 5.41) is 30.9. The average Bonchev–Trinajstić information content (AvgIpc) is 3.13. The maximum atomic E-state index is 12.3. The van der Waals surface area contributed by atoms with Crippen LogP contribution in [-0.2, 0) is 24.0 Å². The minimum atomic E-state index is -1.49. The van der Waals surface area contributed by atoms with Gasteiger partial charge in [-0.2, -0.15) is 0 Å². The molecule has 0 saturated carbocycles. The van der Waals surface area contributed by atoms with Crippen LogP contribution in [0.4, 0.5) is 0 Å². The first-order chi connectivity index (χ1) is 13.2. The van der Waals surface area contributed by atoms with Crippen molar-refractivity contribution in [1.29, 1.82) is 0 Å². The fourth-order valence-electron chi connectivity index (χ4n) is 2.10. The van der Waals surface area contributed by atoms with E-state index in [0.29, 0.717) is 5.76 Å². The number of hydrogen-bond donors (Lipinski definition) is 5. The molecule has 0 spiro atoms. The zero-order chi connectivity index (χ0) is 21.1. The van der Waals surface area contributed by atoms with Gasteiger partial charge in [0.2, 0.25) is 11.8 Å². The molecule has 1 aromatic rings. The fourth-order valence-corrected chi connectivity index (χ4v) is 2.10. The monoisotopic (exact) mass is 396 g/mol. The van der Waals surface area contributed by atoms with Crippen molar-refractivity contribution >= 4 is 35.8 Å². The molecular formula is C17H20N2O9. The van der Waals surface area contributed by atoms with Crippen molar-refractivity contribution in [2.75, 3.05) is 0 Å². The summed E-state index contributed by atoms with van der Waals surface area (Å²) in [6, 6.07) is 0.366. The lowest BCUT2D eigenvalue weighted by Gasteiger charge is -2.20. The molecule has 2 amide bonds. The molecule has 1 heterocycles. The summed E-state index contributed by atoms with van der Waals surface area (Å²) in [5.74, 6) is -5.17. The summed E-state index contributed by atoms with van der Waals surface area (Å²) in [4.78, 5) is 56.8. The van der Waals surface area contributed by atoms with E-state index in [0.717, 1.165) is 6.08 Å². The Labute approximate surface area is 159 Å². The summed E-state index contributed by atoms with van der Waals surface area (Å²) in [5.41, 5.74) is 0. The lowest BCUT2D eigenvalue weighted by Crippen LogP contribution is -2.51. The minimum absolute atomic E-state index is 0.285. The van der Waals surface area contributed by atoms with Gasteiger partial charge in [-0.1, -0.05) is 0 Å². The van der Waals surface area contributed by atoms with Crippen molar-refractivity contribution in [3.8, 4) is 0 Å². The van der Waals surface area contributed by atoms with Gasteiger partial charge in [0.25, 0.3) is 0 Å². The highest BCUT2D eigenvalue weighted by atomic mass is 16.4. The van der Waals surface area contributed by atoms with Gasteiger partial charge in [-0.05, 0) is 31.1 Å². The van der Waals surface area contributed by atoms with Gasteiger partial charge in [0.1, 0.15) is 17.8 Å². The standard InChI is InChI=1S/C17H20N2O9/c20-13(6-3-10-2-1-9-28-10)18-11(4-7-14(21)22)16(25)19-12(17(26)27)5-8-15(23)24/h1-3,6,9,11-12H,4-5,7-8H2,(H,18,20)(H,19,25)(H,21,22)(H,23,24)(H,26,27)/b6-3+/t11-,12-/m0/s1. The Hall–Kier alpha value is -3.63. The van der Waals surface area contributed by atoms with E-state index in [2.05, 4.69) is 10.6 Å². The van der Waals surface area contributed by atoms with E-state index in [-0.39, 0.29) is 12.8 Å². The second kappa shape index (κ2) is 11.2. The highest BCUT2D eigenvalue weighted by Crippen LogP contribution is 2.05. The second-order valence-corrected chi connectivity index (χ2v) is 5.67. The predicted molar refractivity (Wildman–Crippen MR) is 93.0 cm³/mol. The van der Waals surface area contributed by atoms with Gasteiger partial charge in [-0.15, -0.1) is 0 Å². The van der Waals surface area contributed by atoms with E-state index in [1.165, 1.54) is 12.3 Å². The molecule has 0 fully saturated rings. The SMILES string of the molecule is O=C(O)CC[C@H](NC(=O)[C@H](CCC(=O)O)NC(=O)/C=C/c1ccco1)C(=O)O. The van der Waals surface area contributed by atoms with Gasteiger partial charge >= 0.3 is 17.9 Å². The van der Waals surface area contributed by atoms with Crippen molar-refractivity contribution in [2.24, 2.45) is 0 Å². The van der Waals surface area contributed by atoms with Crippen molar-refractivity contribution < 1.29 is 43.7 Å². The third kappa shape index (κ3) is 8.65. The largest absolute Gasteiger partial charge is 0.481 e. The van der Waals surface area contributed by atoms with E-state index < -0.39 is 54.6 Å². The summed E-state index contributed by atoms with van der Waals surface area (Å²) < 4.78 is 5.00. The highest BCUT2D eigenvalue weighted by Gasteiger charge is 2.27. The molecule has 0 aliphatic heterocycles. The molecule has 152 valence electrons. The first kappa shape index (κ1) is 22.4. The molecule has 0 unspecified atom stereocenters. The molecular weight excluding hydrogens is 376 g/mol. The third-order valence-electron chi connectivity index (χ3n) is 3.48. The van der Waals surface area contributed by atoms with Crippen LogP contribution >= 0.6 is 0 Å². The van der Waals surface area contributed by atoms with Crippen molar-refractivity contribution in [3.05, 3.63) is 30.2 Å². The van der Waals surface area contributed by atoms with Gasteiger partial charge in [-0.3, -0.25) is 19.2 Å². The molecule has 0 bridgehead atoms. The molecule has 11 heteroatoms. The van der Waals surface area contributed by atoms with Crippen LogP contribution in [0.25, 0.3) is 6.08 Å². The number of carbonyl (C=O) groups is 5. The summed E-state index contributed by atoms with van der Waals surface area (Å²) in [6.45, 7) is 0. The van der Waals surface area contributed by atoms with Crippen molar-refractivity contribution in [1.82, 2.24) is 10.6 Å². The Morgan fingerprint density at radius 3 is 2.07 bits per heavy atom. The van der Waals surface area contributed by atoms with Crippen LogP contribution in [0.15, 0.2) is 28.9 Å². The number of carbonyl (C=O) groups excluding carboxylic acids is 2. The molecule has 1 aromatic heterocycles. The average molecular weight is 396 g/mol. The quantitative estimate of drug-likeness (QED) is 0.305. The molecule has 1 rings (SSSR count). The van der Waals surface area contributed by atoms with Gasteiger partial charge in [0, 0.05) is 18.9 Å². The Kier molecular flexibility index (Phi) is 8.93. The minimum Gasteiger partial charge on any atom is -0.481 e. The molecule has 0 aliphatic carbocycles. The maximum absolute atomic E-state index is 12.3. The van der Waals surface area contributed by atoms with E-state index in [4.69, 9.17) is 19.7 Å². The Morgan fingerprint density at radius 2 is 1.57 bits per heavy atom. The summed E-state index contributed by atoms with van der Waals surface area (Å²) in [7, 11) is 0. The number of amides is 2. The van der Waals surface area contributed by atoms with E-state index >= 15 is 0 Å². The highest BCUT2D eigenvalue weighted by molar-refractivity contribution is 5.96. The predicted octanol–water partition coefficient (Wildman–Crippen LogP) is 0.0766. The normalized spacial score (nSPS) is 12.9. The number of carboxylic acid groups (broad SMARTS) is 3. The van der Waals surface area contributed by atoms with Crippen LogP contribution in [0.5, 0.6) is 0 Å². The van der Waals surface area contributed by atoms with Gasteiger partial charge in [-0.25, -0.2) is 4.79 Å². The Bertz CT molecular complexity index is 740. The topological polar surface area (TPSA) is 183 Å². The maximum Gasteiger partial charge on any atom is 0.326 e. The number of carboxylic acids is 3. The zero-order valence-electron chi connectivity index (χ0n) is 14.7.